The summed E-state index contributed by atoms with van der Waals surface area (Å²) in [6.07, 6.45) is 3.30. The standard InChI is InChI=1S/C18H21N3O2S/c1-4-18(3,17-19-8-10-24-17)20-16(23)14-5-6-15-13(11-14)7-9-21(15)12(2)22/h5-6,8,10-11H,4,7,9H2,1-3H3,(H,20,23)/t18-/m1/s1. The van der Waals surface area contributed by atoms with E-state index < -0.39 is 5.54 Å². The van der Waals surface area contributed by atoms with Crippen LogP contribution in [0.1, 0.15) is 48.1 Å². The lowest BCUT2D eigenvalue weighted by Crippen LogP contribution is -2.43. The van der Waals surface area contributed by atoms with Crippen molar-refractivity contribution in [2.45, 2.75) is 39.2 Å². The van der Waals surface area contributed by atoms with Crippen molar-refractivity contribution in [2.24, 2.45) is 0 Å². The number of amides is 2. The molecule has 0 saturated carbocycles. The van der Waals surface area contributed by atoms with Gasteiger partial charge in [-0.1, -0.05) is 6.92 Å². The quantitative estimate of drug-likeness (QED) is 0.928. The number of aromatic nitrogens is 1. The van der Waals surface area contributed by atoms with Crippen molar-refractivity contribution >= 4 is 28.8 Å². The fraction of sp³-hybridized carbons (Fsp3) is 0.389. The van der Waals surface area contributed by atoms with Crippen molar-refractivity contribution in [3.8, 4) is 0 Å². The third-order valence-corrected chi connectivity index (χ3v) is 5.66. The number of hydrogen-bond donors (Lipinski definition) is 1. The van der Waals surface area contributed by atoms with E-state index in [1.165, 1.54) is 0 Å². The number of nitrogens with zero attached hydrogens (tertiary/aromatic N) is 2. The lowest BCUT2D eigenvalue weighted by atomic mass is 9.98. The highest BCUT2D eigenvalue weighted by Crippen LogP contribution is 2.30. The summed E-state index contributed by atoms with van der Waals surface area (Å²) in [6.45, 7) is 6.28. The Balaban J connectivity index is 1.83. The van der Waals surface area contributed by atoms with Crippen LogP contribution in [0, 0.1) is 0 Å². The molecule has 0 unspecified atom stereocenters. The van der Waals surface area contributed by atoms with Crippen LogP contribution in [-0.4, -0.2) is 23.3 Å². The van der Waals surface area contributed by atoms with Crippen LogP contribution >= 0.6 is 11.3 Å². The molecule has 0 radical (unpaired) electrons. The van der Waals surface area contributed by atoms with Gasteiger partial charge >= 0.3 is 0 Å². The highest BCUT2D eigenvalue weighted by Gasteiger charge is 2.30. The van der Waals surface area contributed by atoms with Gasteiger partial charge in [0.25, 0.3) is 5.91 Å². The first-order valence-electron chi connectivity index (χ1n) is 8.08. The Morgan fingerprint density at radius 2 is 2.21 bits per heavy atom. The molecule has 126 valence electrons. The van der Waals surface area contributed by atoms with Crippen molar-refractivity contribution < 1.29 is 9.59 Å². The number of benzene rings is 1. The lowest BCUT2D eigenvalue weighted by Gasteiger charge is -2.27. The van der Waals surface area contributed by atoms with Crippen molar-refractivity contribution in [1.29, 1.82) is 0 Å². The van der Waals surface area contributed by atoms with Crippen molar-refractivity contribution in [1.82, 2.24) is 10.3 Å². The third-order valence-electron chi connectivity index (χ3n) is 4.62. The monoisotopic (exact) mass is 343 g/mol. The molecule has 0 saturated heterocycles. The van der Waals surface area contributed by atoms with Crippen LogP contribution in [0.25, 0.3) is 0 Å². The predicted octanol–water partition coefficient (Wildman–Crippen LogP) is 3.11. The van der Waals surface area contributed by atoms with E-state index in [0.717, 1.165) is 29.1 Å². The van der Waals surface area contributed by atoms with E-state index in [9.17, 15) is 9.59 Å². The third kappa shape index (κ3) is 2.94. The summed E-state index contributed by atoms with van der Waals surface area (Å²) in [7, 11) is 0. The minimum Gasteiger partial charge on any atom is -0.340 e. The summed E-state index contributed by atoms with van der Waals surface area (Å²) < 4.78 is 0. The number of thiazole rings is 1. The Bertz CT molecular complexity index is 773. The molecule has 1 aromatic heterocycles. The Kier molecular flexibility index (Phi) is 4.41. The van der Waals surface area contributed by atoms with E-state index in [0.29, 0.717) is 12.1 Å². The molecule has 0 aliphatic carbocycles. The highest BCUT2D eigenvalue weighted by molar-refractivity contribution is 7.09. The first-order chi connectivity index (χ1) is 11.4. The summed E-state index contributed by atoms with van der Waals surface area (Å²) in [6, 6.07) is 5.55. The van der Waals surface area contributed by atoms with Gasteiger partial charge in [0.1, 0.15) is 5.01 Å². The summed E-state index contributed by atoms with van der Waals surface area (Å²) in [5.41, 5.74) is 2.10. The Morgan fingerprint density at radius 3 is 2.83 bits per heavy atom. The van der Waals surface area contributed by atoms with Gasteiger partial charge in [0.15, 0.2) is 0 Å². The molecule has 2 heterocycles. The first kappa shape index (κ1) is 16.6. The van der Waals surface area contributed by atoms with Gasteiger partial charge < -0.3 is 10.2 Å². The lowest BCUT2D eigenvalue weighted by molar-refractivity contribution is -0.116. The largest absolute Gasteiger partial charge is 0.340 e. The van der Waals surface area contributed by atoms with Crippen molar-refractivity contribution in [2.75, 3.05) is 11.4 Å². The van der Waals surface area contributed by atoms with E-state index in [2.05, 4.69) is 10.3 Å². The van der Waals surface area contributed by atoms with E-state index in [-0.39, 0.29) is 11.8 Å². The van der Waals surface area contributed by atoms with Gasteiger partial charge in [-0.2, -0.15) is 0 Å². The second-order valence-electron chi connectivity index (χ2n) is 6.24. The molecule has 0 fully saturated rings. The first-order valence-corrected chi connectivity index (χ1v) is 8.96. The molecule has 0 bridgehead atoms. The fourth-order valence-electron chi connectivity index (χ4n) is 2.98. The molecule has 0 spiro atoms. The smallest absolute Gasteiger partial charge is 0.252 e. The SMILES string of the molecule is CC[C@@](C)(NC(=O)c1ccc2c(c1)CCN2C(C)=O)c1nccs1. The number of carbonyl (C=O) groups excluding carboxylic acids is 2. The molecular formula is C18H21N3O2S. The zero-order chi connectivity index (χ0) is 17.3. The van der Waals surface area contributed by atoms with Crippen molar-refractivity contribution in [3.63, 3.8) is 0 Å². The number of fused-ring (bicyclic) bond motifs is 1. The van der Waals surface area contributed by atoms with Gasteiger partial charge in [-0.15, -0.1) is 11.3 Å². The minimum atomic E-state index is -0.477. The summed E-state index contributed by atoms with van der Waals surface area (Å²) >= 11 is 1.55. The van der Waals surface area contributed by atoms with Gasteiger partial charge in [-0.05, 0) is 43.5 Å². The zero-order valence-electron chi connectivity index (χ0n) is 14.1. The summed E-state index contributed by atoms with van der Waals surface area (Å²) in [5, 5.41) is 5.94. The van der Waals surface area contributed by atoms with Gasteiger partial charge in [-0.25, -0.2) is 4.98 Å². The minimum absolute atomic E-state index is 0.0354. The molecule has 1 aromatic carbocycles. The molecule has 24 heavy (non-hydrogen) atoms. The Labute approximate surface area is 145 Å². The summed E-state index contributed by atoms with van der Waals surface area (Å²) in [5.74, 6) is -0.0769. The second kappa shape index (κ2) is 6.36. The molecule has 3 rings (SSSR count). The van der Waals surface area contributed by atoms with Gasteiger partial charge in [-0.3, -0.25) is 9.59 Å². The average Bonchev–Trinajstić information content (AvgIpc) is 3.23. The number of hydrogen-bond acceptors (Lipinski definition) is 4. The average molecular weight is 343 g/mol. The maximum absolute atomic E-state index is 12.7. The molecule has 5 nitrogen and oxygen atoms in total. The number of carbonyl (C=O) groups is 2. The normalized spacial score (nSPS) is 15.7. The van der Waals surface area contributed by atoms with Crippen LogP contribution in [0.15, 0.2) is 29.8 Å². The summed E-state index contributed by atoms with van der Waals surface area (Å²) in [4.78, 5) is 30.4. The van der Waals surface area contributed by atoms with Crippen molar-refractivity contribution in [3.05, 3.63) is 45.9 Å². The molecular weight excluding hydrogens is 322 g/mol. The number of rotatable bonds is 4. The van der Waals surface area contributed by atoms with Crippen LogP contribution in [-0.2, 0) is 16.8 Å². The van der Waals surface area contributed by atoms with Gasteiger partial charge in [0.05, 0.1) is 5.54 Å². The maximum atomic E-state index is 12.7. The number of anilines is 1. The van der Waals surface area contributed by atoms with Crippen LogP contribution in [0.4, 0.5) is 5.69 Å². The van der Waals surface area contributed by atoms with Crippen LogP contribution in [0.5, 0.6) is 0 Å². The van der Waals surface area contributed by atoms with E-state index in [1.54, 1.807) is 35.4 Å². The maximum Gasteiger partial charge on any atom is 0.252 e. The molecule has 1 N–H and O–H groups in total. The molecule has 1 atom stereocenters. The molecule has 1 aliphatic rings. The highest BCUT2D eigenvalue weighted by atomic mass is 32.1. The zero-order valence-corrected chi connectivity index (χ0v) is 14.9. The van der Waals surface area contributed by atoms with E-state index in [1.807, 2.05) is 31.4 Å². The molecule has 2 amide bonds. The number of nitrogens with one attached hydrogen (secondary N) is 1. The second-order valence-corrected chi connectivity index (χ2v) is 7.14. The topological polar surface area (TPSA) is 62.3 Å². The van der Waals surface area contributed by atoms with Crippen LogP contribution in [0.2, 0.25) is 0 Å². The molecule has 6 heteroatoms. The molecule has 2 aromatic rings. The van der Waals surface area contributed by atoms with Gasteiger partial charge in [0.2, 0.25) is 5.91 Å². The Hall–Kier alpha value is -2.21. The van der Waals surface area contributed by atoms with E-state index in [4.69, 9.17) is 0 Å². The Morgan fingerprint density at radius 1 is 1.42 bits per heavy atom. The van der Waals surface area contributed by atoms with Gasteiger partial charge in [0, 0.05) is 36.3 Å². The fourth-order valence-corrected chi connectivity index (χ4v) is 3.81. The predicted molar refractivity (Wildman–Crippen MR) is 95.4 cm³/mol. The van der Waals surface area contributed by atoms with Crippen LogP contribution in [0.3, 0.4) is 0 Å². The van der Waals surface area contributed by atoms with E-state index >= 15 is 0 Å². The van der Waals surface area contributed by atoms with Crippen LogP contribution < -0.4 is 10.2 Å². The molecule has 1 aliphatic heterocycles.